The number of carbonyl (C=O) groups is 4. The molecule has 0 saturated carbocycles. The predicted molar refractivity (Wildman–Crippen MR) is 154 cm³/mol. The van der Waals surface area contributed by atoms with Gasteiger partial charge in [-0.1, -0.05) is 38.5 Å². The summed E-state index contributed by atoms with van der Waals surface area (Å²) in [5.41, 5.74) is 0.173. The van der Waals surface area contributed by atoms with Crippen LogP contribution in [0.5, 0.6) is 23.0 Å². The van der Waals surface area contributed by atoms with Gasteiger partial charge in [0.2, 0.25) is 0 Å². The lowest BCUT2D eigenvalue weighted by atomic mass is 10.1. The minimum Gasteiger partial charge on any atom is -0.493 e. The molecule has 0 saturated heterocycles. The van der Waals surface area contributed by atoms with Crippen molar-refractivity contribution >= 4 is 24.2 Å². The Morgan fingerprint density at radius 3 is 1.15 bits per heavy atom. The Bertz CT molecular complexity index is 1150. The molecule has 0 unspecified atom stereocenters. The molecule has 2 rings (SSSR count). The fourth-order valence-electron chi connectivity index (χ4n) is 3.80. The van der Waals surface area contributed by atoms with Crippen LogP contribution in [-0.2, 0) is 39.1 Å². The second kappa shape index (κ2) is 21.7. The zero-order valence-corrected chi connectivity index (χ0v) is 26.1. The molecule has 0 atom stereocenters. The zero-order valence-electron chi connectivity index (χ0n) is 26.1. The third-order valence-electron chi connectivity index (χ3n) is 6.14. The summed E-state index contributed by atoms with van der Waals surface area (Å²) in [6.07, 6.45) is 4.40. The van der Waals surface area contributed by atoms with E-state index in [0.29, 0.717) is 35.8 Å². The van der Waals surface area contributed by atoms with Crippen molar-refractivity contribution in [2.24, 2.45) is 0 Å². The van der Waals surface area contributed by atoms with E-state index in [1.165, 1.54) is 64.8 Å². The molecule has 16 heteroatoms. The minimum absolute atomic E-state index is 0.0866. The molecule has 0 aromatic heterocycles. The average Bonchev–Trinajstić information content (AvgIpc) is 3.07. The van der Waals surface area contributed by atoms with E-state index in [9.17, 15) is 19.2 Å². The standard InChI is InChI=1S/C30H38O16/c1-35-23-15-13-21(19-25(23)37-3)27(31)41-45-43-29(33)39-17-11-9-7-5-6-8-10-12-18-40-30(34)44-46-42-28(32)22-14-16-24(36-2)26(20-22)38-4/h13-16,19-20H,5-12,17-18H2,1-4H3. The molecule has 0 bridgehead atoms. The number of methoxy groups -OCH3 is 4. The summed E-state index contributed by atoms with van der Waals surface area (Å²) in [5.74, 6) is -0.362. The number of ether oxygens (including phenoxy) is 6. The summed E-state index contributed by atoms with van der Waals surface area (Å²) >= 11 is 0. The van der Waals surface area contributed by atoms with Gasteiger partial charge in [0.05, 0.1) is 62.9 Å². The van der Waals surface area contributed by atoms with Gasteiger partial charge < -0.3 is 28.4 Å². The summed E-state index contributed by atoms with van der Waals surface area (Å²) in [5, 5.41) is 8.39. The number of unbranched alkanes of at least 4 members (excludes halogenated alkanes) is 7. The molecule has 2 aromatic carbocycles. The monoisotopic (exact) mass is 654 g/mol. The summed E-state index contributed by atoms with van der Waals surface area (Å²) in [6, 6.07) is 8.60. The van der Waals surface area contributed by atoms with E-state index in [2.05, 4.69) is 29.6 Å². The normalized spacial score (nSPS) is 10.3. The van der Waals surface area contributed by atoms with Gasteiger partial charge in [0, 0.05) is 0 Å². The van der Waals surface area contributed by atoms with E-state index in [1.54, 1.807) is 0 Å². The Kier molecular flexibility index (Phi) is 17.6. The van der Waals surface area contributed by atoms with Crippen LogP contribution in [0.3, 0.4) is 0 Å². The van der Waals surface area contributed by atoms with Gasteiger partial charge in [-0.05, 0) is 49.2 Å². The Morgan fingerprint density at radius 1 is 0.457 bits per heavy atom. The van der Waals surface area contributed by atoms with E-state index in [4.69, 9.17) is 28.4 Å². The van der Waals surface area contributed by atoms with Crippen molar-refractivity contribution in [3.63, 3.8) is 0 Å². The second-order valence-corrected chi connectivity index (χ2v) is 9.21. The van der Waals surface area contributed by atoms with Gasteiger partial charge >= 0.3 is 24.2 Å². The van der Waals surface area contributed by atoms with Gasteiger partial charge in [-0.25, -0.2) is 29.0 Å². The maximum atomic E-state index is 12.0. The van der Waals surface area contributed by atoms with Crippen LogP contribution in [0.1, 0.15) is 72.1 Å². The molecule has 46 heavy (non-hydrogen) atoms. The molecule has 16 nitrogen and oxygen atoms in total. The third kappa shape index (κ3) is 13.8. The van der Waals surface area contributed by atoms with Crippen LogP contribution in [-0.4, -0.2) is 65.9 Å². The lowest BCUT2D eigenvalue weighted by Gasteiger charge is -2.08. The molecule has 0 fully saturated rings. The van der Waals surface area contributed by atoms with E-state index >= 15 is 0 Å². The molecule has 0 spiro atoms. The highest BCUT2D eigenvalue weighted by molar-refractivity contribution is 5.90. The second-order valence-electron chi connectivity index (χ2n) is 9.21. The molecule has 0 aliphatic heterocycles. The predicted octanol–water partition coefficient (Wildman–Crippen LogP) is 5.86. The molecule has 0 heterocycles. The van der Waals surface area contributed by atoms with E-state index < -0.39 is 24.2 Å². The highest BCUT2D eigenvalue weighted by Crippen LogP contribution is 2.28. The zero-order chi connectivity index (χ0) is 33.6. The van der Waals surface area contributed by atoms with E-state index in [-0.39, 0.29) is 24.3 Å². The number of hydrogen-bond donors (Lipinski definition) is 0. The van der Waals surface area contributed by atoms with Crippen LogP contribution in [0.25, 0.3) is 0 Å². The minimum atomic E-state index is -1.15. The SMILES string of the molecule is COc1ccc(C(=O)OOOC(=O)OCCCCCCCCCCOC(=O)OOOC(=O)c2ccc(OC)c(OC)c2)cc1OC. The van der Waals surface area contributed by atoms with Gasteiger partial charge in [0.15, 0.2) is 23.0 Å². The summed E-state index contributed by atoms with van der Waals surface area (Å²) < 4.78 is 30.1. The first-order valence-corrected chi connectivity index (χ1v) is 14.2. The maximum Gasteiger partial charge on any atom is 0.543 e. The quantitative estimate of drug-likeness (QED) is 0.0676. The summed E-state index contributed by atoms with van der Waals surface area (Å²) in [4.78, 5) is 64.4. The van der Waals surface area contributed by atoms with Gasteiger partial charge in [-0.3, -0.25) is 9.78 Å². The molecule has 0 N–H and O–H groups in total. The first-order valence-electron chi connectivity index (χ1n) is 14.2. The van der Waals surface area contributed by atoms with Crippen LogP contribution >= 0.6 is 0 Å². The smallest absolute Gasteiger partial charge is 0.493 e. The van der Waals surface area contributed by atoms with Crippen LogP contribution in [0.4, 0.5) is 9.59 Å². The molecule has 0 amide bonds. The number of carbonyl (C=O) groups excluding carboxylic acids is 4. The van der Waals surface area contributed by atoms with E-state index in [0.717, 1.165) is 38.5 Å². The molecular formula is C30H38O16. The Balaban J connectivity index is 1.40. The van der Waals surface area contributed by atoms with Crippen molar-refractivity contribution in [2.45, 2.75) is 51.4 Å². The van der Waals surface area contributed by atoms with Gasteiger partial charge in [0.1, 0.15) is 0 Å². The van der Waals surface area contributed by atoms with Crippen molar-refractivity contribution < 1.29 is 77.2 Å². The van der Waals surface area contributed by atoms with Gasteiger partial charge in [-0.15, -0.1) is 0 Å². The lowest BCUT2D eigenvalue weighted by molar-refractivity contribution is -0.452. The largest absolute Gasteiger partial charge is 0.543 e. The summed E-state index contributed by atoms with van der Waals surface area (Å²) in [7, 11) is 5.74. The fraction of sp³-hybridized carbons (Fsp3) is 0.467. The number of benzene rings is 2. The van der Waals surface area contributed by atoms with Crippen LogP contribution in [0.2, 0.25) is 0 Å². The van der Waals surface area contributed by atoms with Crippen molar-refractivity contribution in [1.82, 2.24) is 0 Å². The molecule has 0 aliphatic rings. The highest BCUT2D eigenvalue weighted by Gasteiger charge is 2.16. The first-order chi connectivity index (χ1) is 22.3. The number of hydrogen-bond acceptors (Lipinski definition) is 16. The molecule has 0 aliphatic carbocycles. The van der Waals surface area contributed by atoms with Crippen LogP contribution in [0, 0.1) is 0 Å². The highest BCUT2D eigenvalue weighted by atomic mass is 17.5. The molecular weight excluding hydrogens is 616 g/mol. The van der Waals surface area contributed by atoms with Gasteiger partial charge in [-0.2, -0.15) is 0 Å². The fourth-order valence-corrected chi connectivity index (χ4v) is 3.80. The molecule has 2 aromatic rings. The Hall–Kier alpha value is -4.96. The molecule has 0 radical (unpaired) electrons. The van der Waals surface area contributed by atoms with Crippen LogP contribution in [0.15, 0.2) is 36.4 Å². The Labute approximate surface area is 265 Å². The first kappa shape index (κ1) is 37.2. The van der Waals surface area contributed by atoms with E-state index in [1.807, 2.05) is 0 Å². The Morgan fingerprint density at radius 2 is 0.804 bits per heavy atom. The molecule has 254 valence electrons. The van der Waals surface area contributed by atoms with Crippen LogP contribution < -0.4 is 18.9 Å². The van der Waals surface area contributed by atoms with Crippen molar-refractivity contribution in [1.29, 1.82) is 0 Å². The maximum absolute atomic E-state index is 12.0. The topological polar surface area (TPSA) is 179 Å². The lowest BCUT2D eigenvalue weighted by Crippen LogP contribution is -2.13. The van der Waals surface area contributed by atoms with Crippen molar-refractivity contribution in [2.75, 3.05) is 41.7 Å². The van der Waals surface area contributed by atoms with Gasteiger partial charge in [0.25, 0.3) is 0 Å². The van der Waals surface area contributed by atoms with Crippen molar-refractivity contribution in [3.05, 3.63) is 47.5 Å². The average molecular weight is 655 g/mol. The van der Waals surface area contributed by atoms with Crippen molar-refractivity contribution in [3.8, 4) is 23.0 Å². The summed E-state index contributed by atoms with van der Waals surface area (Å²) in [6.45, 7) is 0.219. The number of rotatable bonds is 21. The third-order valence-corrected chi connectivity index (χ3v) is 6.14.